The maximum Gasteiger partial charge on any atom is 0.405 e. The largest absolute Gasteiger partial charge is 0.465 e. The van der Waals surface area contributed by atoms with Gasteiger partial charge in [0.25, 0.3) is 0 Å². The van der Waals surface area contributed by atoms with Crippen LogP contribution in [-0.4, -0.2) is 68.5 Å². The number of likely N-dealkylation sites (tertiary alicyclic amines) is 1. The van der Waals surface area contributed by atoms with Gasteiger partial charge >= 0.3 is 6.09 Å². The summed E-state index contributed by atoms with van der Waals surface area (Å²) in [6, 6.07) is 3.84. The Hall–Kier alpha value is -3.09. The van der Waals surface area contributed by atoms with Crippen LogP contribution in [0.3, 0.4) is 0 Å². The van der Waals surface area contributed by atoms with E-state index in [1.165, 1.54) is 4.90 Å². The van der Waals surface area contributed by atoms with Crippen LogP contribution in [0.5, 0.6) is 0 Å². The molecule has 1 aliphatic rings. The minimum atomic E-state index is -1.36. The number of amides is 3. The van der Waals surface area contributed by atoms with Gasteiger partial charge in [-0.2, -0.15) is 0 Å². The van der Waals surface area contributed by atoms with E-state index >= 15 is 0 Å². The summed E-state index contributed by atoms with van der Waals surface area (Å²) in [5.74, 6) is 1.35. The highest BCUT2D eigenvalue weighted by Gasteiger charge is 2.45. The number of rotatable bonds is 6. The van der Waals surface area contributed by atoms with Crippen LogP contribution in [0.4, 0.5) is 4.79 Å². The minimum Gasteiger partial charge on any atom is -0.465 e. The van der Waals surface area contributed by atoms with Gasteiger partial charge in [0.05, 0.1) is 17.7 Å². The minimum absolute atomic E-state index is 0.00385. The highest BCUT2D eigenvalue weighted by Crippen LogP contribution is 2.29. The predicted octanol–water partition coefficient (Wildman–Crippen LogP) is 1.24. The van der Waals surface area contributed by atoms with Gasteiger partial charge in [0.2, 0.25) is 11.8 Å². The van der Waals surface area contributed by atoms with Crippen LogP contribution in [0.1, 0.15) is 58.2 Å². The molecule has 33 heavy (non-hydrogen) atoms. The van der Waals surface area contributed by atoms with Crippen molar-refractivity contribution in [2.45, 2.75) is 70.9 Å². The van der Waals surface area contributed by atoms with Gasteiger partial charge in [-0.3, -0.25) is 9.59 Å². The monoisotopic (exact) mass is 459 g/mol. The van der Waals surface area contributed by atoms with Crippen molar-refractivity contribution in [1.82, 2.24) is 15.5 Å². The molecule has 1 aromatic rings. The van der Waals surface area contributed by atoms with Gasteiger partial charge in [-0.15, -0.1) is 6.42 Å². The Labute approximate surface area is 194 Å². The Bertz CT molecular complexity index is 923. The summed E-state index contributed by atoms with van der Waals surface area (Å²) in [4.78, 5) is 39.0. The van der Waals surface area contributed by atoms with Crippen molar-refractivity contribution in [2.75, 3.05) is 6.54 Å². The van der Waals surface area contributed by atoms with Gasteiger partial charge in [0.1, 0.15) is 12.1 Å². The zero-order valence-electron chi connectivity index (χ0n) is 19.6. The van der Waals surface area contributed by atoms with Crippen LogP contribution in [0.15, 0.2) is 24.3 Å². The van der Waals surface area contributed by atoms with Gasteiger partial charge in [-0.1, -0.05) is 38.8 Å². The summed E-state index contributed by atoms with van der Waals surface area (Å²) in [5, 5.41) is 35.1. The molecule has 0 aromatic heterocycles. The topological polar surface area (TPSA) is 139 Å². The van der Waals surface area contributed by atoms with E-state index < -0.39 is 53.2 Å². The average Bonchev–Trinajstić information content (AvgIpc) is 3.10. The molecule has 1 unspecified atom stereocenters. The number of nitrogens with one attached hydrogen (secondary N) is 2. The molecular weight excluding hydrogens is 426 g/mol. The van der Waals surface area contributed by atoms with Crippen LogP contribution >= 0.6 is 0 Å². The maximum absolute atomic E-state index is 13.3. The summed E-state index contributed by atoms with van der Waals surface area (Å²) in [6.45, 7) is 8.11. The molecule has 0 bridgehead atoms. The van der Waals surface area contributed by atoms with Crippen molar-refractivity contribution < 1.29 is 29.7 Å². The molecule has 9 heteroatoms. The number of carbonyl (C=O) groups excluding carboxylic acids is 2. The number of aliphatic hydroxyl groups excluding tert-OH is 1. The standard InChI is InChI=1S/C24H33N3O6/c1-7-14-8-10-15(11-9-14)18(24(5,6)33)25-20(29)17-12-16(28)13-27(17)21(30)19(23(2,3)4)26-22(31)32/h1,8-11,16-19,26,28,33H,12-13H2,2-6H3,(H,25,29)(H,31,32)/t16-,17+,18+,19?/m1/s1. The Kier molecular flexibility index (Phi) is 7.78. The van der Waals surface area contributed by atoms with Gasteiger partial charge in [-0.05, 0) is 37.0 Å². The van der Waals surface area contributed by atoms with E-state index in [9.17, 15) is 29.7 Å². The first-order chi connectivity index (χ1) is 15.1. The molecule has 1 aliphatic heterocycles. The number of benzene rings is 1. The molecule has 1 fully saturated rings. The van der Waals surface area contributed by atoms with Crippen molar-refractivity contribution in [3.05, 3.63) is 35.4 Å². The van der Waals surface area contributed by atoms with Crippen molar-refractivity contribution >= 4 is 17.9 Å². The average molecular weight is 460 g/mol. The molecule has 9 nitrogen and oxygen atoms in total. The van der Waals surface area contributed by atoms with Gasteiger partial charge in [-0.25, -0.2) is 4.79 Å². The lowest BCUT2D eigenvalue weighted by Gasteiger charge is -2.36. The SMILES string of the molecule is C#Cc1ccc([C@H](NC(=O)[C@@H]2C[C@@H](O)CN2C(=O)C(NC(=O)O)C(C)(C)C)C(C)(C)O)cc1. The van der Waals surface area contributed by atoms with Crippen molar-refractivity contribution in [3.8, 4) is 12.3 Å². The third kappa shape index (κ3) is 6.46. The second-order valence-electron chi connectivity index (χ2n) is 10.0. The Morgan fingerprint density at radius 2 is 1.70 bits per heavy atom. The van der Waals surface area contributed by atoms with Crippen LogP contribution < -0.4 is 10.6 Å². The van der Waals surface area contributed by atoms with E-state index in [0.29, 0.717) is 11.1 Å². The number of hydrogen-bond donors (Lipinski definition) is 5. The Balaban J connectivity index is 2.31. The molecule has 1 saturated heterocycles. The van der Waals surface area contributed by atoms with Crippen LogP contribution in [0.2, 0.25) is 0 Å². The van der Waals surface area contributed by atoms with E-state index in [1.54, 1.807) is 58.9 Å². The number of aliphatic hydroxyl groups is 2. The summed E-state index contributed by atoms with van der Waals surface area (Å²) in [6.07, 6.45) is 3.09. The number of hydrogen-bond acceptors (Lipinski definition) is 5. The molecule has 180 valence electrons. The van der Waals surface area contributed by atoms with Crippen molar-refractivity contribution in [3.63, 3.8) is 0 Å². The third-order valence-corrected chi connectivity index (χ3v) is 5.65. The molecule has 3 amide bonds. The molecule has 1 aromatic carbocycles. The van der Waals surface area contributed by atoms with Crippen LogP contribution in [-0.2, 0) is 9.59 Å². The molecule has 0 spiro atoms. The first-order valence-corrected chi connectivity index (χ1v) is 10.7. The highest BCUT2D eigenvalue weighted by molar-refractivity contribution is 5.92. The van der Waals surface area contributed by atoms with Crippen LogP contribution in [0, 0.1) is 17.8 Å². The molecule has 0 radical (unpaired) electrons. The fourth-order valence-corrected chi connectivity index (χ4v) is 3.92. The highest BCUT2D eigenvalue weighted by atomic mass is 16.4. The zero-order chi connectivity index (χ0) is 25.1. The Morgan fingerprint density at radius 3 is 2.15 bits per heavy atom. The van der Waals surface area contributed by atoms with E-state index in [2.05, 4.69) is 16.6 Å². The number of terminal acetylenes is 1. The first kappa shape index (κ1) is 26.2. The van der Waals surface area contributed by atoms with Crippen LogP contribution in [0.25, 0.3) is 0 Å². The molecule has 1 heterocycles. The number of β-amino-alcohol motifs (C(OH)–C–C–N with tert-alkyl or cyclic N) is 1. The predicted molar refractivity (Wildman–Crippen MR) is 122 cm³/mol. The maximum atomic E-state index is 13.3. The summed E-state index contributed by atoms with van der Waals surface area (Å²) in [7, 11) is 0. The molecule has 5 N–H and O–H groups in total. The van der Waals surface area contributed by atoms with Gasteiger partial charge in [0, 0.05) is 18.5 Å². The fraction of sp³-hybridized carbons (Fsp3) is 0.542. The lowest BCUT2D eigenvalue weighted by atomic mass is 9.85. The zero-order valence-corrected chi connectivity index (χ0v) is 19.6. The van der Waals surface area contributed by atoms with Gasteiger partial charge < -0.3 is 30.9 Å². The number of nitrogens with zero attached hydrogens (tertiary/aromatic N) is 1. The molecule has 0 saturated carbocycles. The molecular formula is C24H33N3O6. The van der Waals surface area contributed by atoms with Gasteiger partial charge in [0.15, 0.2) is 0 Å². The Morgan fingerprint density at radius 1 is 1.12 bits per heavy atom. The molecule has 4 atom stereocenters. The smallest absolute Gasteiger partial charge is 0.405 e. The summed E-state index contributed by atoms with van der Waals surface area (Å²) in [5.41, 5.74) is -0.850. The normalized spacial score (nSPS) is 20.5. The second-order valence-corrected chi connectivity index (χ2v) is 10.0. The van der Waals surface area contributed by atoms with E-state index in [0.717, 1.165) is 0 Å². The van der Waals surface area contributed by atoms with E-state index in [1.807, 2.05) is 0 Å². The fourth-order valence-electron chi connectivity index (χ4n) is 3.92. The number of carboxylic acid groups (broad SMARTS) is 1. The lowest BCUT2D eigenvalue weighted by molar-refractivity contribution is -0.142. The first-order valence-electron chi connectivity index (χ1n) is 10.7. The third-order valence-electron chi connectivity index (χ3n) is 5.65. The second kappa shape index (κ2) is 9.81. The molecule has 0 aliphatic carbocycles. The summed E-state index contributed by atoms with van der Waals surface area (Å²) < 4.78 is 0. The number of carbonyl (C=O) groups is 3. The van der Waals surface area contributed by atoms with E-state index in [-0.39, 0.29) is 13.0 Å². The van der Waals surface area contributed by atoms with Crippen molar-refractivity contribution in [2.24, 2.45) is 5.41 Å². The lowest BCUT2D eigenvalue weighted by Crippen LogP contribution is -2.58. The molecule has 2 rings (SSSR count). The van der Waals surface area contributed by atoms with E-state index in [4.69, 9.17) is 6.42 Å². The quantitative estimate of drug-likeness (QED) is 0.406. The van der Waals surface area contributed by atoms with Crippen molar-refractivity contribution in [1.29, 1.82) is 0 Å². The summed E-state index contributed by atoms with van der Waals surface area (Å²) >= 11 is 0.